The minimum absolute atomic E-state index is 0.0620. The van der Waals surface area contributed by atoms with Crippen LogP contribution in [0, 0.1) is 12.3 Å². The summed E-state index contributed by atoms with van der Waals surface area (Å²) in [5.41, 5.74) is 9.46. The number of aliphatic hydroxyl groups is 1. The SMILES string of the molecule is COc1nc(-c2cccc(-c3cccc4c(-c5nc(C)cc6cc(CNC[C@@H](C)O)cnc56)nn(C)c34)c2Cl)ccc1CN1CC2(CNC(=O)C2)C1. The van der Waals surface area contributed by atoms with Gasteiger partial charge in [-0.05, 0) is 37.6 Å². The highest BCUT2D eigenvalue weighted by molar-refractivity contribution is 6.36. The maximum Gasteiger partial charge on any atom is 0.220 e. The van der Waals surface area contributed by atoms with E-state index in [9.17, 15) is 9.90 Å². The lowest BCUT2D eigenvalue weighted by atomic mass is 9.79. The number of amides is 1. The van der Waals surface area contributed by atoms with Gasteiger partial charge in [-0.1, -0.05) is 54.1 Å². The van der Waals surface area contributed by atoms with Crippen molar-refractivity contribution in [3.8, 4) is 39.7 Å². The van der Waals surface area contributed by atoms with E-state index in [4.69, 9.17) is 36.4 Å². The van der Waals surface area contributed by atoms with Crippen molar-refractivity contribution in [2.45, 2.75) is 39.5 Å². The summed E-state index contributed by atoms with van der Waals surface area (Å²) in [5.74, 6) is 0.707. The number of para-hydroxylation sites is 1. The Kier molecular flexibility index (Phi) is 8.91. The number of aromatic nitrogens is 5. The first-order valence-corrected chi connectivity index (χ1v) is 17.9. The van der Waals surface area contributed by atoms with Gasteiger partial charge in [-0.2, -0.15) is 5.10 Å². The average molecular weight is 717 g/mol. The molecule has 12 heteroatoms. The summed E-state index contributed by atoms with van der Waals surface area (Å²) in [7, 11) is 3.58. The number of pyridine rings is 3. The molecule has 2 aliphatic rings. The molecule has 1 spiro atoms. The summed E-state index contributed by atoms with van der Waals surface area (Å²) >= 11 is 7.26. The van der Waals surface area contributed by atoms with Gasteiger partial charge >= 0.3 is 0 Å². The third-order valence-electron chi connectivity index (χ3n) is 10.1. The molecule has 52 heavy (non-hydrogen) atoms. The number of hydrogen-bond acceptors (Lipinski definition) is 9. The molecule has 0 bridgehead atoms. The second kappa shape index (κ2) is 13.6. The van der Waals surface area contributed by atoms with E-state index in [2.05, 4.69) is 39.8 Å². The standard InChI is InChI=1S/C40H41ClN8O3/c1-23-13-27-14-25(17-42-16-24(2)50)18-43-35(27)37(45-23)36-31-10-6-8-29(38(31)48(3)47-36)28-7-5-9-30(34(28)41)32-12-11-26(39(46-32)52-4)19-49-21-40(22-49)15-33(51)44-20-40/h5-14,18,24,42,50H,15-17,19-22H2,1-4H3,(H,44,51)/t24-/m1/s1. The summed E-state index contributed by atoms with van der Waals surface area (Å²) in [6.07, 6.45) is 2.03. The molecule has 6 heterocycles. The Hall–Kier alpha value is -4.94. The number of likely N-dealkylation sites (tertiary alicyclic amines) is 1. The van der Waals surface area contributed by atoms with Gasteiger partial charge in [0, 0.05) is 103 Å². The molecule has 2 fully saturated rings. The number of nitrogens with one attached hydrogen (secondary N) is 2. The van der Waals surface area contributed by atoms with Crippen molar-refractivity contribution in [2.24, 2.45) is 12.5 Å². The number of benzene rings is 2. The molecule has 1 amide bonds. The van der Waals surface area contributed by atoms with Gasteiger partial charge in [0.2, 0.25) is 11.8 Å². The van der Waals surface area contributed by atoms with Gasteiger partial charge in [0.05, 0.1) is 35.0 Å². The summed E-state index contributed by atoms with van der Waals surface area (Å²) < 4.78 is 7.66. The molecular formula is C40H41ClN8O3. The Balaban J connectivity index is 1.12. The van der Waals surface area contributed by atoms with Crippen LogP contribution < -0.4 is 15.4 Å². The zero-order valence-electron chi connectivity index (χ0n) is 29.7. The smallest absolute Gasteiger partial charge is 0.220 e. The molecule has 3 N–H and O–H groups in total. The maximum atomic E-state index is 11.8. The second-order valence-corrected chi connectivity index (χ2v) is 14.7. The zero-order valence-corrected chi connectivity index (χ0v) is 30.5. The number of ether oxygens (including phenoxy) is 1. The van der Waals surface area contributed by atoms with Crippen LogP contribution in [0.3, 0.4) is 0 Å². The van der Waals surface area contributed by atoms with E-state index < -0.39 is 6.10 Å². The first-order valence-electron chi connectivity index (χ1n) is 17.5. The van der Waals surface area contributed by atoms with E-state index in [-0.39, 0.29) is 11.3 Å². The molecule has 0 radical (unpaired) electrons. The van der Waals surface area contributed by atoms with Crippen LogP contribution in [0.4, 0.5) is 0 Å². The van der Waals surface area contributed by atoms with Crippen molar-refractivity contribution in [1.29, 1.82) is 0 Å². The number of methoxy groups -OCH3 is 1. The van der Waals surface area contributed by atoms with E-state index in [0.29, 0.717) is 37.0 Å². The predicted molar refractivity (Wildman–Crippen MR) is 203 cm³/mol. The molecule has 0 unspecified atom stereocenters. The lowest BCUT2D eigenvalue weighted by molar-refractivity contribution is -0.120. The van der Waals surface area contributed by atoms with Crippen LogP contribution in [0.2, 0.25) is 5.02 Å². The minimum Gasteiger partial charge on any atom is -0.481 e. The topological polar surface area (TPSA) is 130 Å². The van der Waals surface area contributed by atoms with Gasteiger partial charge < -0.3 is 20.5 Å². The molecule has 2 aliphatic heterocycles. The Morgan fingerprint density at radius 3 is 2.62 bits per heavy atom. The molecule has 1 atom stereocenters. The van der Waals surface area contributed by atoms with E-state index in [1.165, 1.54) is 0 Å². The van der Waals surface area contributed by atoms with Crippen molar-refractivity contribution in [2.75, 3.05) is 33.3 Å². The maximum absolute atomic E-state index is 11.8. The number of aliphatic hydroxyl groups excluding tert-OH is 1. The lowest BCUT2D eigenvalue weighted by Crippen LogP contribution is -2.56. The third-order valence-corrected chi connectivity index (χ3v) is 10.5. The Labute approximate surface area is 307 Å². The Bertz CT molecular complexity index is 2350. The highest BCUT2D eigenvalue weighted by Gasteiger charge is 2.48. The molecule has 11 nitrogen and oxygen atoms in total. The molecule has 6 aromatic rings. The largest absolute Gasteiger partial charge is 0.481 e. The normalized spacial score (nSPS) is 16.1. The van der Waals surface area contributed by atoms with Gasteiger partial charge in [0.15, 0.2) is 0 Å². The van der Waals surface area contributed by atoms with E-state index in [0.717, 1.165) is 92.0 Å². The highest BCUT2D eigenvalue weighted by atomic mass is 35.5. The van der Waals surface area contributed by atoms with Gasteiger partial charge in [0.1, 0.15) is 11.4 Å². The van der Waals surface area contributed by atoms with Crippen molar-refractivity contribution >= 4 is 39.3 Å². The fourth-order valence-electron chi connectivity index (χ4n) is 7.82. The summed E-state index contributed by atoms with van der Waals surface area (Å²) in [6, 6.07) is 20.4. The molecule has 266 valence electrons. The monoisotopic (exact) mass is 716 g/mol. The number of carbonyl (C=O) groups is 1. The molecule has 0 aliphatic carbocycles. The fraction of sp³-hybridized carbons (Fsp3) is 0.325. The Morgan fingerprint density at radius 2 is 1.85 bits per heavy atom. The number of fused-ring (bicyclic) bond motifs is 2. The first-order chi connectivity index (χ1) is 25.1. The Morgan fingerprint density at radius 1 is 1.06 bits per heavy atom. The fourth-order valence-corrected chi connectivity index (χ4v) is 8.15. The van der Waals surface area contributed by atoms with Crippen LogP contribution >= 0.6 is 11.6 Å². The minimum atomic E-state index is -0.420. The number of rotatable bonds is 10. The van der Waals surface area contributed by atoms with Crippen LogP contribution in [-0.2, 0) is 24.9 Å². The summed E-state index contributed by atoms with van der Waals surface area (Å²) in [5, 5.41) is 23.4. The highest BCUT2D eigenvalue weighted by Crippen LogP contribution is 2.42. The van der Waals surface area contributed by atoms with E-state index >= 15 is 0 Å². The average Bonchev–Trinajstić information content (AvgIpc) is 3.67. The van der Waals surface area contributed by atoms with Crippen molar-refractivity contribution < 1.29 is 14.6 Å². The predicted octanol–water partition coefficient (Wildman–Crippen LogP) is 5.68. The molecule has 2 saturated heterocycles. The molecule has 4 aromatic heterocycles. The summed E-state index contributed by atoms with van der Waals surface area (Å²) in [4.78, 5) is 28.8. The van der Waals surface area contributed by atoms with Crippen LogP contribution in [0.5, 0.6) is 5.88 Å². The number of aryl methyl sites for hydroxylation is 2. The molecule has 0 saturated carbocycles. The van der Waals surface area contributed by atoms with Crippen molar-refractivity contribution in [1.82, 2.24) is 40.3 Å². The first kappa shape index (κ1) is 34.2. The third kappa shape index (κ3) is 6.28. The van der Waals surface area contributed by atoms with Crippen molar-refractivity contribution in [3.05, 3.63) is 88.7 Å². The van der Waals surface area contributed by atoms with E-state index in [1.54, 1.807) is 14.0 Å². The zero-order chi connectivity index (χ0) is 36.1. The summed E-state index contributed by atoms with van der Waals surface area (Å²) in [6.45, 7) is 8.07. The van der Waals surface area contributed by atoms with Gasteiger partial charge in [-0.25, -0.2) is 9.97 Å². The number of nitrogens with zero attached hydrogens (tertiary/aromatic N) is 6. The second-order valence-electron chi connectivity index (χ2n) is 14.3. The molecule has 8 rings (SSSR count). The van der Waals surface area contributed by atoms with Gasteiger partial charge in [0.25, 0.3) is 0 Å². The molecule has 2 aromatic carbocycles. The quantitative estimate of drug-likeness (QED) is 0.164. The lowest BCUT2D eigenvalue weighted by Gasteiger charge is -2.47. The number of halogens is 1. The van der Waals surface area contributed by atoms with Crippen molar-refractivity contribution in [3.63, 3.8) is 0 Å². The van der Waals surface area contributed by atoms with Gasteiger partial charge in [-0.15, -0.1) is 0 Å². The van der Waals surface area contributed by atoms with Gasteiger partial charge in [-0.3, -0.25) is 19.4 Å². The van der Waals surface area contributed by atoms with E-state index in [1.807, 2.05) is 61.2 Å². The number of hydrogen-bond donors (Lipinski definition) is 3. The van der Waals surface area contributed by atoms with Crippen LogP contribution in [0.1, 0.15) is 30.2 Å². The number of carbonyl (C=O) groups excluding carboxylic acids is 1. The van der Waals surface area contributed by atoms with Crippen LogP contribution in [0.15, 0.2) is 66.9 Å². The van der Waals surface area contributed by atoms with Crippen LogP contribution in [0.25, 0.3) is 55.6 Å². The molecular weight excluding hydrogens is 676 g/mol. The van der Waals surface area contributed by atoms with Crippen LogP contribution in [-0.4, -0.2) is 80.0 Å².